The van der Waals surface area contributed by atoms with Crippen LogP contribution in [0.1, 0.15) is 44.5 Å². The van der Waals surface area contributed by atoms with E-state index in [9.17, 15) is 4.79 Å². The molecule has 2 aliphatic heterocycles. The van der Waals surface area contributed by atoms with E-state index in [1.165, 1.54) is 10.5 Å². The highest BCUT2D eigenvalue weighted by Crippen LogP contribution is 2.48. The zero-order valence-electron chi connectivity index (χ0n) is 15.7. The number of fused-ring (bicyclic) bond motifs is 2. The largest absolute Gasteiger partial charge is 0.360 e. The van der Waals surface area contributed by atoms with Gasteiger partial charge in [-0.25, -0.2) is 0 Å². The molecule has 0 aliphatic carbocycles. The molecule has 2 N–H and O–H groups in total. The molecule has 0 aromatic heterocycles. The molecule has 0 radical (unpaired) electrons. The minimum absolute atomic E-state index is 0.0573. The van der Waals surface area contributed by atoms with Gasteiger partial charge in [0.15, 0.2) is 0 Å². The van der Waals surface area contributed by atoms with E-state index >= 15 is 0 Å². The molecular formula is C21H25N3OS. The molecule has 1 amide bonds. The van der Waals surface area contributed by atoms with Crippen LogP contribution in [-0.2, 0) is 10.2 Å². The van der Waals surface area contributed by atoms with E-state index in [4.69, 9.17) is 0 Å². The summed E-state index contributed by atoms with van der Waals surface area (Å²) in [5, 5.41) is 7.14. The third kappa shape index (κ3) is 2.57. The first-order valence-corrected chi connectivity index (χ1v) is 10.4. The lowest BCUT2D eigenvalue weighted by atomic mass is 9.86. The molecule has 5 heteroatoms. The smallest absolute Gasteiger partial charge is 0.237 e. The van der Waals surface area contributed by atoms with Gasteiger partial charge in [0.1, 0.15) is 6.17 Å². The summed E-state index contributed by atoms with van der Waals surface area (Å²) in [6.45, 7) is 6.93. The molecule has 136 valence electrons. The van der Waals surface area contributed by atoms with Crippen LogP contribution in [0.25, 0.3) is 0 Å². The number of hydrogen-bond acceptors (Lipinski definition) is 4. The fourth-order valence-electron chi connectivity index (χ4n) is 3.87. The number of thioether (sulfide) groups is 1. The Balaban J connectivity index is 1.67. The Labute approximate surface area is 159 Å². The van der Waals surface area contributed by atoms with Gasteiger partial charge in [0, 0.05) is 11.4 Å². The van der Waals surface area contributed by atoms with Crippen LogP contribution in [0.5, 0.6) is 0 Å². The molecule has 0 fully saturated rings. The number of rotatable bonds is 4. The number of amides is 1. The van der Waals surface area contributed by atoms with Gasteiger partial charge in [-0.3, -0.25) is 4.79 Å². The summed E-state index contributed by atoms with van der Waals surface area (Å²) in [6, 6.07) is 12.9. The van der Waals surface area contributed by atoms with Gasteiger partial charge in [0.05, 0.1) is 22.5 Å². The van der Waals surface area contributed by atoms with Crippen LogP contribution in [0, 0.1) is 0 Å². The van der Waals surface area contributed by atoms with E-state index < -0.39 is 5.41 Å². The molecule has 0 saturated carbocycles. The van der Waals surface area contributed by atoms with Gasteiger partial charge in [0.25, 0.3) is 0 Å². The topological polar surface area (TPSA) is 44.4 Å². The minimum atomic E-state index is -0.473. The molecule has 4 rings (SSSR count). The summed E-state index contributed by atoms with van der Waals surface area (Å²) in [5.41, 5.74) is 5.03. The Hall–Kier alpha value is -2.14. The summed E-state index contributed by atoms with van der Waals surface area (Å²) < 4.78 is 0. The number of nitrogens with zero attached hydrogens (tertiary/aromatic N) is 1. The van der Waals surface area contributed by atoms with Crippen LogP contribution in [-0.4, -0.2) is 18.7 Å². The third-order valence-electron chi connectivity index (χ3n) is 5.38. The van der Waals surface area contributed by atoms with E-state index in [0.717, 1.165) is 35.6 Å². The van der Waals surface area contributed by atoms with Gasteiger partial charge in [-0.2, -0.15) is 0 Å². The fourth-order valence-corrected chi connectivity index (χ4v) is 4.28. The lowest BCUT2D eigenvalue weighted by Gasteiger charge is -2.19. The first-order chi connectivity index (χ1) is 12.5. The maximum Gasteiger partial charge on any atom is 0.237 e. The van der Waals surface area contributed by atoms with Gasteiger partial charge in [-0.1, -0.05) is 19.1 Å². The van der Waals surface area contributed by atoms with E-state index in [1.54, 1.807) is 11.8 Å². The van der Waals surface area contributed by atoms with Crippen molar-refractivity contribution in [1.29, 1.82) is 0 Å². The third-order valence-corrected chi connectivity index (χ3v) is 6.12. The van der Waals surface area contributed by atoms with Crippen molar-refractivity contribution in [2.24, 2.45) is 0 Å². The van der Waals surface area contributed by atoms with Crippen LogP contribution < -0.4 is 15.5 Å². The van der Waals surface area contributed by atoms with Crippen molar-refractivity contribution in [3.05, 3.63) is 47.5 Å². The lowest BCUT2D eigenvalue weighted by Crippen LogP contribution is -2.36. The number of nitrogens with one attached hydrogen (secondary N) is 2. The first kappa shape index (κ1) is 17.3. The average molecular weight is 368 g/mol. The molecule has 2 aromatic carbocycles. The van der Waals surface area contributed by atoms with Crippen LogP contribution >= 0.6 is 11.8 Å². The van der Waals surface area contributed by atoms with Crippen molar-refractivity contribution in [2.75, 3.05) is 28.3 Å². The van der Waals surface area contributed by atoms with Gasteiger partial charge in [-0.05, 0) is 61.9 Å². The zero-order valence-corrected chi connectivity index (χ0v) is 16.5. The SMILES string of the molecule is CCCN1C(=O)C(C)(C)c2cc3c(cc21)NC(c1ccc(SC)cc1)N3. The predicted molar refractivity (Wildman–Crippen MR) is 110 cm³/mol. The Morgan fingerprint density at radius 1 is 1.12 bits per heavy atom. The van der Waals surface area contributed by atoms with Crippen molar-refractivity contribution in [3.8, 4) is 0 Å². The van der Waals surface area contributed by atoms with Crippen LogP contribution in [0.3, 0.4) is 0 Å². The Bertz CT molecular complexity index is 860. The summed E-state index contributed by atoms with van der Waals surface area (Å²) in [6.07, 6.45) is 3.10. The first-order valence-electron chi connectivity index (χ1n) is 9.13. The molecule has 0 spiro atoms. The van der Waals surface area contributed by atoms with Gasteiger partial charge < -0.3 is 15.5 Å². The molecule has 0 bridgehead atoms. The highest BCUT2D eigenvalue weighted by molar-refractivity contribution is 7.98. The van der Waals surface area contributed by atoms with Crippen LogP contribution in [0.15, 0.2) is 41.3 Å². The maximum absolute atomic E-state index is 12.8. The number of hydrogen-bond donors (Lipinski definition) is 2. The van der Waals surface area contributed by atoms with E-state index in [2.05, 4.69) is 60.2 Å². The predicted octanol–water partition coefficient (Wildman–Crippen LogP) is 4.98. The molecule has 26 heavy (non-hydrogen) atoms. The molecule has 1 atom stereocenters. The van der Waals surface area contributed by atoms with Gasteiger partial charge in [0.2, 0.25) is 5.91 Å². The second-order valence-corrected chi connectivity index (χ2v) is 8.37. The number of carbonyl (C=O) groups is 1. The molecule has 4 nitrogen and oxygen atoms in total. The average Bonchev–Trinajstić information content (AvgIpc) is 3.14. The van der Waals surface area contributed by atoms with Crippen molar-refractivity contribution < 1.29 is 4.79 Å². The van der Waals surface area contributed by atoms with Crippen molar-refractivity contribution in [1.82, 2.24) is 0 Å². The number of carbonyl (C=O) groups excluding carboxylic acids is 1. The van der Waals surface area contributed by atoms with E-state index in [-0.39, 0.29) is 12.1 Å². The highest BCUT2D eigenvalue weighted by Gasteiger charge is 2.44. The Morgan fingerprint density at radius 3 is 2.38 bits per heavy atom. The zero-order chi connectivity index (χ0) is 18.5. The van der Waals surface area contributed by atoms with Gasteiger partial charge in [-0.15, -0.1) is 11.8 Å². The second kappa shape index (κ2) is 6.23. The van der Waals surface area contributed by atoms with Gasteiger partial charge >= 0.3 is 0 Å². The maximum atomic E-state index is 12.8. The molecular weight excluding hydrogens is 342 g/mol. The van der Waals surface area contributed by atoms with Crippen LogP contribution in [0.4, 0.5) is 17.1 Å². The molecule has 2 heterocycles. The normalized spacial score (nSPS) is 19.8. The molecule has 2 aliphatic rings. The lowest BCUT2D eigenvalue weighted by molar-refractivity contribution is -0.122. The highest BCUT2D eigenvalue weighted by atomic mass is 32.2. The van der Waals surface area contributed by atoms with Crippen molar-refractivity contribution in [3.63, 3.8) is 0 Å². The molecule has 1 unspecified atom stereocenters. The van der Waals surface area contributed by atoms with E-state index in [0.29, 0.717) is 0 Å². The summed E-state index contributed by atoms with van der Waals surface area (Å²) >= 11 is 1.75. The summed E-state index contributed by atoms with van der Waals surface area (Å²) in [5.74, 6) is 0.197. The number of benzene rings is 2. The molecule has 2 aromatic rings. The quantitative estimate of drug-likeness (QED) is 0.748. The van der Waals surface area contributed by atoms with Crippen LogP contribution in [0.2, 0.25) is 0 Å². The second-order valence-electron chi connectivity index (χ2n) is 7.49. The fraction of sp³-hybridized carbons (Fsp3) is 0.381. The van der Waals surface area contributed by atoms with Crippen molar-refractivity contribution >= 4 is 34.7 Å². The number of anilines is 3. The molecule has 0 saturated heterocycles. The standard InChI is InChI=1S/C21H25N3OS/c1-5-10-24-18-12-17-16(11-15(18)21(2,3)20(24)25)22-19(23-17)13-6-8-14(26-4)9-7-13/h6-9,11-12,19,22-23H,5,10H2,1-4H3. The minimum Gasteiger partial charge on any atom is -0.360 e. The summed E-state index contributed by atoms with van der Waals surface area (Å²) in [7, 11) is 0. The monoisotopic (exact) mass is 367 g/mol. The van der Waals surface area contributed by atoms with Crippen molar-refractivity contribution in [2.45, 2.75) is 43.7 Å². The Morgan fingerprint density at radius 2 is 1.77 bits per heavy atom. The van der Waals surface area contributed by atoms with E-state index in [1.807, 2.05) is 18.7 Å². The summed E-state index contributed by atoms with van der Waals surface area (Å²) in [4.78, 5) is 16.0. The Kier molecular flexibility index (Phi) is 4.14.